The summed E-state index contributed by atoms with van der Waals surface area (Å²) in [6.45, 7) is 2.30. The van der Waals surface area contributed by atoms with Crippen LogP contribution in [0.3, 0.4) is 0 Å². The molecule has 2 heteroatoms. The van der Waals surface area contributed by atoms with Crippen molar-refractivity contribution in [3.05, 3.63) is 35.4 Å². The van der Waals surface area contributed by atoms with Crippen molar-refractivity contribution in [1.29, 1.82) is 5.26 Å². The SMILES string of the molecule is CCCCC[Si]1CCC(CCc2ccc(C#N)cc2)CC1. The number of nitriles is 1. The van der Waals surface area contributed by atoms with E-state index in [1.54, 1.807) is 18.1 Å². The van der Waals surface area contributed by atoms with E-state index in [1.165, 1.54) is 50.5 Å². The van der Waals surface area contributed by atoms with Gasteiger partial charge in [0.05, 0.1) is 11.6 Å². The maximum Gasteiger partial charge on any atom is 0.0991 e. The maximum absolute atomic E-state index is 8.82. The quantitative estimate of drug-likeness (QED) is 0.476. The normalized spacial score (nSPS) is 16.8. The fraction of sp³-hybridized carbons (Fsp3) is 0.632. The molecule has 0 saturated carbocycles. The van der Waals surface area contributed by atoms with Crippen molar-refractivity contribution in [3.8, 4) is 6.07 Å². The number of unbranched alkanes of at least 4 members (excludes halogenated alkanes) is 2. The van der Waals surface area contributed by atoms with Crippen LogP contribution in [-0.4, -0.2) is 8.80 Å². The molecule has 1 saturated heterocycles. The van der Waals surface area contributed by atoms with Crippen molar-refractivity contribution in [2.24, 2.45) is 5.92 Å². The van der Waals surface area contributed by atoms with Crippen LogP contribution in [0.25, 0.3) is 0 Å². The second kappa shape index (κ2) is 9.05. The Kier molecular flexibility index (Phi) is 7.02. The van der Waals surface area contributed by atoms with Crippen LogP contribution >= 0.6 is 0 Å². The van der Waals surface area contributed by atoms with Crippen LogP contribution in [0.5, 0.6) is 0 Å². The molecular formula is C19H28NSi. The highest BCUT2D eigenvalue weighted by atomic mass is 28.3. The van der Waals surface area contributed by atoms with E-state index in [1.807, 2.05) is 12.1 Å². The summed E-state index contributed by atoms with van der Waals surface area (Å²) in [7, 11) is 0.0201. The first-order valence-electron chi connectivity index (χ1n) is 8.64. The Hall–Kier alpha value is -1.07. The molecule has 0 aliphatic carbocycles. The van der Waals surface area contributed by atoms with Crippen molar-refractivity contribution >= 4 is 8.80 Å². The van der Waals surface area contributed by atoms with E-state index in [2.05, 4.69) is 25.1 Å². The maximum atomic E-state index is 8.82. The van der Waals surface area contributed by atoms with Crippen LogP contribution < -0.4 is 0 Å². The summed E-state index contributed by atoms with van der Waals surface area (Å²) in [6, 6.07) is 15.0. The van der Waals surface area contributed by atoms with E-state index in [9.17, 15) is 0 Å². The minimum atomic E-state index is 0.0201. The van der Waals surface area contributed by atoms with Crippen molar-refractivity contribution in [3.63, 3.8) is 0 Å². The van der Waals surface area contributed by atoms with Crippen LogP contribution in [0, 0.1) is 17.2 Å². The molecule has 1 aliphatic rings. The molecule has 1 aromatic rings. The van der Waals surface area contributed by atoms with Crippen LogP contribution in [0.4, 0.5) is 0 Å². The highest BCUT2D eigenvalue weighted by Crippen LogP contribution is 2.31. The molecule has 21 heavy (non-hydrogen) atoms. The van der Waals surface area contributed by atoms with Gasteiger partial charge in [0.15, 0.2) is 0 Å². The third-order valence-corrected chi connectivity index (χ3v) is 7.92. The Bertz CT molecular complexity index is 438. The van der Waals surface area contributed by atoms with Gasteiger partial charge in [0, 0.05) is 8.80 Å². The average molecular weight is 299 g/mol. The number of aryl methyl sites for hydroxylation is 1. The summed E-state index contributed by atoms with van der Waals surface area (Å²) in [5.41, 5.74) is 2.17. The van der Waals surface area contributed by atoms with Crippen LogP contribution in [0.15, 0.2) is 24.3 Å². The summed E-state index contributed by atoms with van der Waals surface area (Å²) >= 11 is 0. The van der Waals surface area contributed by atoms with Gasteiger partial charge >= 0.3 is 0 Å². The van der Waals surface area contributed by atoms with Gasteiger partial charge in [0.2, 0.25) is 0 Å². The largest absolute Gasteiger partial charge is 0.192 e. The zero-order valence-corrected chi connectivity index (χ0v) is 14.4. The lowest BCUT2D eigenvalue weighted by molar-refractivity contribution is 0.437. The lowest BCUT2D eigenvalue weighted by Crippen LogP contribution is -2.21. The number of rotatable bonds is 7. The van der Waals surface area contributed by atoms with Gasteiger partial charge in [-0.05, 0) is 36.5 Å². The summed E-state index contributed by atoms with van der Waals surface area (Å²) < 4.78 is 0. The molecule has 113 valence electrons. The van der Waals surface area contributed by atoms with Gasteiger partial charge in [-0.1, -0.05) is 69.3 Å². The molecule has 0 amide bonds. The first kappa shape index (κ1) is 16.3. The smallest absolute Gasteiger partial charge is 0.0991 e. The van der Waals surface area contributed by atoms with Gasteiger partial charge < -0.3 is 0 Å². The zero-order valence-electron chi connectivity index (χ0n) is 13.4. The molecule has 0 unspecified atom stereocenters. The van der Waals surface area contributed by atoms with Crippen molar-refractivity contribution in [1.82, 2.24) is 0 Å². The fourth-order valence-electron chi connectivity index (χ4n) is 3.37. The summed E-state index contributed by atoms with van der Waals surface area (Å²) in [6.07, 6.45) is 9.79. The van der Waals surface area contributed by atoms with E-state index in [4.69, 9.17) is 5.26 Å². The zero-order chi connectivity index (χ0) is 14.9. The average Bonchev–Trinajstić information content (AvgIpc) is 2.55. The number of nitrogens with zero attached hydrogens (tertiary/aromatic N) is 1. The van der Waals surface area contributed by atoms with Crippen molar-refractivity contribution in [2.75, 3.05) is 0 Å². The van der Waals surface area contributed by atoms with Gasteiger partial charge in [0.1, 0.15) is 0 Å². The molecule has 2 rings (SSSR count). The number of hydrogen-bond donors (Lipinski definition) is 0. The molecular weight excluding hydrogens is 270 g/mol. The Labute approximate surface area is 132 Å². The van der Waals surface area contributed by atoms with E-state index >= 15 is 0 Å². The lowest BCUT2D eigenvalue weighted by atomic mass is 9.94. The minimum Gasteiger partial charge on any atom is -0.192 e. The first-order chi connectivity index (χ1) is 10.3. The molecule has 1 nitrogen and oxygen atoms in total. The molecule has 0 bridgehead atoms. The second-order valence-corrected chi connectivity index (χ2v) is 9.50. The van der Waals surface area contributed by atoms with Gasteiger partial charge in [-0.25, -0.2) is 0 Å². The van der Waals surface area contributed by atoms with E-state index in [-0.39, 0.29) is 8.80 Å². The van der Waals surface area contributed by atoms with Gasteiger partial charge in [-0.15, -0.1) is 0 Å². The third-order valence-electron chi connectivity index (χ3n) is 4.87. The summed E-state index contributed by atoms with van der Waals surface area (Å²) in [5.74, 6) is 0.959. The lowest BCUT2D eigenvalue weighted by Gasteiger charge is -2.27. The highest BCUT2D eigenvalue weighted by Gasteiger charge is 2.21. The molecule has 1 aliphatic heterocycles. The minimum absolute atomic E-state index is 0.0201. The first-order valence-corrected chi connectivity index (χ1v) is 10.8. The van der Waals surface area contributed by atoms with E-state index in [0.717, 1.165) is 11.5 Å². The predicted molar refractivity (Wildman–Crippen MR) is 91.9 cm³/mol. The topological polar surface area (TPSA) is 23.8 Å². The monoisotopic (exact) mass is 298 g/mol. The molecule has 1 radical (unpaired) electrons. The fourth-order valence-corrected chi connectivity index (χ4v) is 6.50. The standard InChI is InChI=1S/C19H28NSi/c1-2-3-4-13-21-14-11-18(12-15-21)6-5-17-7-9-19(16-20)10-8-17/h7-10,18H,2-6,11-15H2,1H3. The molecule has 1 fully saturated rings. The predicted octanol–water partition coefficient (Wildman–Crippen LogP) is 5.59. The van der Waals surface area contributed by atoms with Gasteiger partial charge in [-0.3, -0.25) is 0 Å². The Morgan fingerprint density at radius 3 is 2.48 bits per heavy atom. The number of hydrogen-bond acceptors (Lipinski definition) is 1. The van der Waals surface area contributed by atoms with E-state index < -0.39 is 0 Å². The molecule has 0 aromatic heterocycles. The van der Waals surface area contributed by atoms with Gasteiger partial charge in [0.25, 0.3) is 0 Å². The molecule has 0 atom stereocenters. The Morgan fingerprint density at radius 1 is 1.14 bits per heavy atom. The second-order valence-electron chi connectivity index (χ2n) is 6.50. The van der Waals surface area contributed by atoms with Crippen molar-refractivity contribution in [2.45, 2.75) is 70.0 Å². The molecule has 1 aromatic carbocycles. The van der Waals surface area contributed by atoms with Crippen LogP contribution in [-0.2, 0) is 6.42 Å². The van der Waals surface area contributed by atoms with Gasteiger partial charge in [-0.2, -0.15) is 5.26 Å². The number of benzene rings is 1. The highest BCUT2D eigenvalue weighted by molar-refractivity contribution is 6.58. The Balaban J connectivity index is 1.65. The van der Waals surface area contributed by atoms with E-state index in [0.29, 0.717) is 0 Å². The van der Waals surface area contributed by atoms with Crippen molar-refractivity contribution < 1.29 is 0 Å². The Morgan fingerprint density at radius 2 is 1.86 bits per heavy atom. The third kappa shape index (κ3) is 5.67. The summed E-state index contributed by atoms with van der Waals surface area (Å²) in [5, 5.41) is 8.82. The molecule has 1 heterocycles. The van der Waals surface area contributed by atoms with Crippen LogP contribution in [0.1, 0.15) is 56.6 Å². The van der Waals surface area contributed by atoms with Crippen LogP contribution in [0.2, 0.25) is 18.1 Å². The molecule has 0 spiro atoms. The summed E-state index contributed by atoms with van der Waals surface area (Å²) in [4.78, 5) is 0. The molecule has 0 N–H and O–H groups in total.